The molecule has 66 valence electrons. The van der Waals surface area contributed by atoms with E-state index in [-0.39, 0.29) is 12.2 Å². The quantitative estimate of drug-likeness (QED) is 0.519. The third-order valence-electron chi connectivity index (χ3n) is 1.71. The summed E-state index contributed by atoms with van der Waals surface area (Å²) >= 11 is 0. The second-order valence-corrected chi connectivity index (χ2v) is 2.62. The maximum absolute atomic E-state index is 10.00. The van der Waals surface area contributed by atoms with Gasteiger partial charge in [0, 0.05) is 11.1 Å². The van der Waals surface area contributed by atoms with Gasteiger partial charge in [-0.25, -0.2) is 0 Å². The van der Waals surface area contributed by atoms with Crippen molar-refractivity contribution in [1.82, 2.24) is 0 Å². The molecule has 0 bridgehead atoms. The molecule has 0 amide bonds. The molecule has 1 N–H and O–H groups in total. The maximum atomic E-state index is 10.00. The number of carbonyl (C=O) groups is 1. The van der Waals surface area contributed by atoms with Crippen molar-refractivity contribution < 1.29 is 9.90 Å². The fourth-order valence-corrected chi connectivity index (χ4v) is 0.947. The van der Waals surface area contributed by atoms with Crippen LogP contribution in [0.2, 0.25) is 0 Å². The van der Waals surface area contributed by atoms with Gasteiger partial charge in [-0.1, -0.05) is 17.9 Å². The van der Waals surface area contributed by atoms with Crippen molar-refractivity contribution in [1.29, 1.82) is 0 Å². The zero-order valence-corrected chi connectivity index (χ0v) is 7.37. The van der Waals surface area contributed by atoms with E-state index in [0.29, 0.717) is 0 Å². The Morgan fingerprint density at radius 3 is 3.00 bits per heavy atom. The van der Waals surface area contributed by atoms with Crippen molar-refractivity contribution in [3.05, 3.63) is 29.3 Å². The highest BCUT2D eigenvalue weighted by molar-refractivity contribution is 5.56. The average molecular weight is 174 g/mol. The van der Waals surface area contributed by atoms with Gasteiger partial charge in [0.1, 0.15) is 12.0 Å². The summed E-state index contributed by atoms with van der Waals surface area (Å²) in [6, 6.07) is 5.15. The largest absolute Gasteiger partial charge is 0.508 e. The SMILES string of the molecule is Cc1c(O)cccc1C#CCC=O. The van der Waals surface area contributed by atoms with Crippen LogP contribution in [0.4, 0.5) is 0 Å². The molecular formula is C11H10O2. The first kappa shape index (κ1) is 9.34. The number of carbonyl (C=O) groups excluding carboxylic acids is 1. The second kappa shape index (κ2) is 4.32. The molecular weight excluding hydrogens is 164 g/mol. The predicted molar refractivity (Wildman–Crippen MR) is 50.4 cm³/mol. The topological polar surface area (TPSA) is 37.3 Å². The number of phenols is 1. The number of aromatic hydroxyl groups is 1. The standard InChI is InChI=1S/C11H10O2/c1-9-10(5-2-3-8-12)6-4-7-11(9)13/h4,6-8,13H,3H2,1H3. The first-order valence-corrected chi connectivity index (χ1v) is 3.97. The number of phenolic OH excluding ortho intramolecular Hbond substituents is 1. The van der Waals surface area contributed by atoms with Gasteiger partial charge in [0.25, 0.3) is 0 Å². The third-order valence-corrected chi connectivity index (χ3v) is 1.71. The molecule has 0 fully saturated rings. The molecule has 0 atom stereocenters. The van der Waals surface area contributed by atoms with Crippen LogP contribution in [0.25, 0.3) is 0 Å². The van der Waals surface area contributed by atoms with Gasteiger partial charge in [-0.05, 0) is 19.1 Å². The fraction of sp³-hybridized carbons (Fsp3) is 0.182. The van der Waals surface area contributed by atoms with Crippen molar-refractivity contribution in [2.75, 3.05) is 0 Å². The Kier molecular flexibility index (Phi) is 3.10. The zero-order chi connectivity index (χ0) is 9.68. The van der Waals surface area contributed by atoms with E-state index in [1.807, 2.05) is 6.07 Å². The monoisotopic (exact) mass is 174 g/mol. The molecule has 0 aliphatic carbocycles. The highest BCUT2D eigenvalue weighted by atomic mass is 16.3. The van der Waals surface area contributed by atoms with Crippen LogP contribution in [0.3, 0.4) is 0 Å². The molecule has 0 radical (unpaired) electrons. The summed E-state index contributed by atoms with van der Waals surface area (Å²) in [4.78, 5) is 10.00. The van der Waals surface area contributed by atoms with E-state index in [2.05, 4.69) is 11.8 Å². The first-order valence-electron chi connectivity index (χ1n) is 3.97. The van der Waals surface area contributed by atoms with Gasteiger partial charge in [0.2, 0.25) is 0 Å². The molecule has 13 heavy (non-hydrogen) atoms. The lowest BCUT2D eigenvalue weighted by Crippen LogP contribution is -1.82. The molecule has 0 aromatic heterocycles. The molecule has 0 saturated carbocycles. The third kappa shape index (κ3) is 2.34. The Morgan fingerprint density at radius 2 is 2.31 bits per heavy atom. The second-order valence-electron chi connectivity index (χ2n) is 2.62. The van der Waals surface area contributed by atoms with E-state index in [1.165, 1.54) is 0 Å². The number of hydrogen-bond donors (Lipinski definition) is 1. The highest BCUT2D eigenvalue weighted by Crippen LogP contribution is 2.18. The molecule has 0 aliphatic rings. The van der Waals surface area contributed by atoms with Crippen molar-refractivity contribution in [2.24, 2.45) is 0 Å². The average Bonchev–Trinajstić information content (AvgIpc) is 2.13. The van der Waals surface area contributed by atoms with Gasteiger partial charge in [-0.3, -0.25) is 0 Å². The van der Waals surface area contributed by atoms with Crippen molar-refractivity contribution in [3.63, 3.8) is 0 Å². The smallest absolute Gasteiger partial charge is 0.131 e. The normalized spacial score (nSPS) is 8.69. The lowest BCUT2D eigenvalue weighted by Gasteiger charge is -1.99. The molecule has 2 nitrogen and oxygen atoms in total. The van der Waals surface area contributed by atoms with Gasteiger partial charge in [0.15, 0.2) is 0 Å². The van der Waals surface area contributed by atoms with E-state index in [1.54, 1.807) is 19.1 Å². The molecule has 0 saturated heterocycles. The van der Waals surface area contributed by atoms with Crippen molar-refractivity contribution in [2.45, 2.75) is 13.3 Å². The van der Waals surface area contributed by atoms with Gasteiger partial charge >= 0.3 is 0 Å². The zero-order valence-electron chi connectivity index (χ0n) is 7.37. The lowest BCUT2D eigenvalue weighted by atomic mass is 10.1. The van der Waals surface area contributed by atoms with Gasteiger partial charge in [0.05, 0.1) is 6.42 Å². The van der Waals surface area contributed by atoms with E-state index < -0.39 is 0 Å². The van der Waals surface area contributed by atoms with E-state index in [0.717, 1.165) is 17.4 Å². The predicted octanol–water partition coefficient (Wildman–Crippen LogP) is 1.64. The van der Waals surface area contributed by atoms with Gasteiger partial charge < -0.3 is 9.90 Å². The summed E-state index contributed by atoms with van der Waals surface area (Å²) in [5.74, 6) is 5.74. The van der Waals surface area contributed by atoms with Crippen LogP contribution >= 0.6 is 0 Å². The van der Waals surface area contributed by atoms with E-state index in [9.17, 15) is 9.90 Å². The molecule has 0 heterocycles. The number of benzene rings is 1. The van der Waals surface area contributed by atoms with Gasteiger partial charge in [-0.15, -0.1) is 0 Å². The molecule has 1 aromatic rings. The van der Waals surface area contributed by atoms with E-state index >= 15 is 0 Å². The molecule has 2 heteroatoms. The molecule has 1 aromatic carbocycles. The van der Waals surface area contributed by atoms with Crippen LogP contribution in [0.1, 0.15) is 17.5 Å². The first-order chi connectivity index (χ1) is 6.25. The Hall–Kier alpha value is -1.75. The van der Waals surface area contributed by atoms with Crippen LogP contribution in [0, 0.1) is 18.8 Å². The van der Waals surface area contributed by atoms with Crippen LogP contribution in [0.5, 0.6) is 5.75 Å². The summed E-state index contributed by atoms with van der Waals surface area (Å²) in [6.07, 6.45) is 0.986. The summed E-state index contributed by atoms with van der Waals surface area (Å²) < 4.78 is 0. The summed E-state index contributed by atoms with van der Waals surface area (Å²) in [5.41, 5.74) is 1.52. The number of hydrogen-bond acceptors (Lipinski definition) is 2. The molecule has 1 rings (SSSR count). The molecule has 0 spiro atoms. The van der Waals surface area contributed by atoms with Crippen LogP contribution in [0.15, 0.2) is 18.2 Å². The van der Waals surface area contributed by atoms with Crippen LogP contribution in [-0.4, -0.2) is 11.4 Å². The number of rotatable bonds is 1. The summed E-state index contributed by atoms with van der Waals surface area (Å²) in [5, 5.41) is 9.32. The fourth-order valence-electron chi connectivity index (χ4n) is 0.947. The highest BCUT2D eigenvalue weighted by Gasteiger charge is 1.97. The minimum Gasteiger partial charge on any atom is -0.508 e. The minimum absolute atomic E-state index is 0.231. The molecule has 0 aliphatic heterocycles. The number of aldehydes is 1. The van der Waals surface area contributed by atoms with Crippen LogP contribution < -0.4 is 0 Å². The van der Waals surface area contributed by atoms with Crippen LogP contribution in [-0.2, 0) is 4.79 Å². The summed E-state index contributed by atoms with van der Waals surface area (Å²) in [6.45, 7) is 1.79. The maximum Gasteiger partial charge on any atom is 0.131 e. The van der Waals surface area contributed by atoms with Crippen molar-refractivity contribution >= 4 is 6.29 Å². The van der Waals surface area contributed by atoms with E-state index in [4.69, 9.17) is 0 Å². The Bertz CT molecular complexity index is 369. The van der Waals surface area contributed by atoms with Crippen molar-refractivity contribution in [3.8, 4) is 17.6 Å². The minimum atomic E-state index is 0.231. The Labute approximate surface area is 77.2 Å². The summed E-state index contributed by atoms with van der Waals surface area (Å²) in [7, 11) is 0. The molecule has 0 unspecified atom stereocenters. The lowest BCUT2D eigenvalue weighted by molar-refractivity contribution is -0.107. The Morgan fingerprint density at radius 1 is 1.54 bits per heavy atom. The van der Waals surface area contributed by atoms with Gasteiger partial charge in [-0.2, -0.15) is 0 Å². The Balaban J connectivity index is 2.97.